The Morgan fingerprint density at radius 3 is 2.45 bits per heavy atom. The third-order valence-corrected chi connectivity index (χ3v) is 5.18. The predicted molar refractivity (Wildman–Crippen MR) is 113 cm³/mol. The molecular formula is C21H25BN2O7. The van der Waals surface area contributed by atoms with Gasteiger partial charge in [0.25, 0.3) is 0 Å². The lowest BCUT2D eigenvalue weighted by atomic mass is 9.82. The van der Waals surface area contributed by atoms with Crippen LogP contribution in [0.4, 0.5) is 0 Å². The van der Waals surface area contributed by atoms with E-state index in [1.54, 1.807) is 4.90 Å². The number of hydrogen-bond donors (Lipinski definition) is 5. The minimum absolute atomic E-state index is 0.0102. The molecule has 1 saturated heterocycles. The van der Waals surface area contributed by atoms with Crippen LogP contribution in [-0.2, 0) is 17.6 Å². The van der Waals surface area contributed by atoms with E-state index < -0.39 is 36.5 Å². The van der Waals surface area contributed by atoms with E-state index in [-0.39, 0.29) is 43.1 Å². The van der Waals surface area contributed by atoms with E-state index in [4.69, 9.17) is 20.5 Å². The topological polar surface area (TPSA) is 154 Å². The zero-order valence-corrected chi connectivity index (χ0v) is 16.8. The molecule has 0 spiro atoms. The number of benzene rings is 2. The van der Waals surface area contributed by atoms with E-state index in [0.29, 0.717) is 6.42 Å². The van der Waals surface area contributed by atoms with Gasteiger partial charge in [0.2, 0.25) is 5.91 Å². The lowest BCUT2D eigenvalue weighted by Crippen LogP contribution is -2.60. The van der Waals surface area contributed by atoms with Gasteiger partial charge in [-0.1, -0.05) is 36.4 Å². The smallest absolute Gasteiger partial charge is 0.451 e. The SMILES string of the molecule is NC(Cc1ccccc1)C(=O)N1CC(Oc2ccc(CCB(O)O)c(O)c2C(=O)O)C1. The van der Waals surface area contributed by atoms with Crippen LogP contribution in [0.2, 0.25) is 6.32 Å². The lowest BCUT2D eigenvalue weighted by Gasteiger charge is -2.40. The lowest BCUT2D eigenvalue weighted by molar-refractivity contribution is -0.141. The Bertz CT molecular complexity index is 933. The average Bonchev–Trinajstić information content (AvgIpc) is 2.69. The third-order valence-electron chi connectivity index (χ3n) is 5.18. The van der Waals surface area contributed by atoms with Crippen molar-refractivity contribution in [3.63, 3.8) is 0 Å². The number of phenols is 1. The Labute approximate surface area is 179 Å². The van der Waals surface area contributed by atoms with Crippen LogP contribution in [-0.4, -0.2) is 69.4 Å². The number of carbonyl (C=O) groups is 2. The number of ether oxygens (including phenoxy) is 1. The Morgan fingerprint density at radius 1 is 1.16 bits per heavy atom. The summed E-state index contributed by atoms with van der Waals surface area (Å²) in [5, 5.41) is 37.7. The highest BCUT2D eigenvalue weighted by Crippen LogP contribution is 2.34. The molecule has 2 aromatic carbocycles. The number of hydrogen-bond acceptors (Lipinski definition) is 7. The van der Waals surface area contributed by atoms with Crippen LogP contribution in [0, 0.1) is 0 Å². The quantitative estimate of drug-likeness (QED) is 0.357. The van der Waals surface area contributed by atoms with Gasteiger partial charge in [-0.2, -0.15) is 0 Å². The fraction of sp³-hybridized carbons (Fsp3) is 0.333. The highest BCUT2D eigenvalue weighted by Gasteiger charge is 2.35. The first-order valence-electron chi connectivity index (χ1n) is 9.95. The normalized spacial score (nSPS) is 14.6. The molecule has 31 heavy (non-hydrogen) atoms. The molecule has 1 aliphatic heterocycles. The molecule has 2 aromatic rings. The minimum atomic E-state index is -1.56. The molecule has 10 heteroatoms. The van der Waals surface area contributed by atoms with Gasteiger partial charge in [-0.3, -0.25) is 4.79 Å². The molecule has 164 valence electrons. The van der Waals surface area contributed by atoms with Gasteiger partial charge in [0, 0.05) is 0 Å². The number of aromatic carboxylic acids is 1. The van der Waals surface area contributed by atoms with Crippen molar-refractivity contribution in [1.29, 1.82) is 0 Å². The van der Waals surface area contributed by atoms with Crippen LogP contribution in [0.1, 0.15) is 21.5 Å². The van der Waals surface area contributed by atoms with Crippen molar-refractivity contribution in [2.45, 2.75) is 31.3 Å². The van der Waals surface area contributed by atoms with E-state index in [0.717, 1.165) is 5.56 Å². The van der Waals surface area contributed by atoms with Crippen LogP contribution in [0.3, 0.4) is 0 Å². The second-order valence-corrected chi connectivity index (χ2v) is 7.55. The van der Waals surface area contributed by atoms with Crippen LogP contribution in [0.5, 0.6) is 11.5 Å². The van der Waals surface area contributed by atoms with E-state index in [1.807, 2.05) is 30.3 Å². The van der Waals surface area contributed by atoms with Crippen LogP contribution in [0.15, 0.2) is 42.5 Å². The standard InChI is InChI=1S/C21H25BN2O7/c23-16(10-13-4-2-1-3-5-13)20(26)24-11-15(12-24)31-17-7-6-14(8-9-22(29)30)19(25)18(17)21(27)28/h1-7,15-16,25,29-30H,8-12,23H2,(H,27,28). The Hall–Kier alpha value is -3.08. The largest absolute Gasteiger partial charge is 0.507 e. The molecule has 1 aliphatic rings. The molecule has 0 radical (unpaired) electrons. The minimum Gasteiger partial charge on any atom is -0.507 e. The zero-order chi connectivity index (χ0) is 22.5. The maximum absolute atomic E-state index is 12.5. The molecule has 9 nitrogen and oxygen atoms in total. The van der Waals surface area contributed by atoms with Crippen LogP contribution in [0.25, 0.3) is 0 Å². The first kappa shape index (κ1) is 22.6. The van der Waals surface area contributed by atoms with Gasteiger partial charge in [0.05, 0.1) is 19.1 Å². The van der Waals surface area contributed by atoms with Gasteiger partial charge in [-0.05, 0) is 36.4 Å². The molecular weight excluding hydrogens is 403 g/mol. The van der Waals surface area contributed by atoms with Crippen molar-refractivity contribution in [2.75, 3.05) is 13.1 Å². The number of nitrogens with two attached hydrogens (primary N) is 1. The predicted octanol–water partition coefficient (Wildman–Crippen LogP) is 0.265. The summed E-state index contributed by atoms with van der Waals surface area (Å²) in [6.45, 7) is 0.527. The first-order valence-corrected chi connectivity index (χ1v) is 9.95. The number of likely N-dealkylation sites (tertiary alicyclic amines) is 1. The number of aromatic hydroxyl groups is 1. The summed E-state index contributed by atoms with van der Waals surface area (Å²) in [4.78, 5) is 25.7. The Morgan fingerprint density at radius 2 is 1.84 bits per heavy atom. The molecule has 1 unspecified atom stereocenters. The molecule has 1 atom stereocenters. The van der Waals surface area contributed by atoms with Gasteiger partial charge in [0.1, 0.15) is 23.2 Å². The third kappa shape index (κ3) is 5.54. The van der Waals surface area contributed by atoms with Gasteiger partial charge in [-0.15, -0.1) is 0 Å². The van der Waals surface area contributed by atoms with Gasteiger partial charge in [0.15, 0.2) is 0 Å². The maximum Gasteiger partial charge on any atom is 0.451 e. The fourth-order valence-electron chi connectivity index (χ4n) is 3.47. The number of carboxylic acid groups (broad SMARTS) is 1. The summed E-state index contributed by atoms with van der Waals surface area (Å²) in [5.74, 6) is -2.05. The Balaban J connectivity index is 1.59. The maximum atomic E-state index is 12.5. The summed E-state index contributed by atoms with van der Waals surface area (Å²) in [7, 11) is -1.56. The highest BCUT2D eigenvalue weighted by atomic mass is 16.5. The van der Waals surface area contributed by atoms with E-state index in [2.05, 4.69) is 0 Å². The first-order chi connectivity index (χ1) is 14.8. The van der Waals surface area contributed by atoms with Crippen LogP contribution >= 0.6 is 0 Å². The van der Waals surface area contributed by atoms with Crippen molar-refractivity contribution in [3.05, 3.63) is 59.2 Å². The second kappa shape index (κ2) is 9.82. The summed E-state index contributed by atoms with van der Waals surface area (Å²) in [6, 6.07) is 11.7. The molecule has 0 aromatic heterocycles. The van der Waals surface area contributed by atoms with Gasteiger partial charge >= 0.3 is 13.1 Å². The number of carbonyl (C=O) groups excluding carboxylic acids is 1. The molecule has 3 rings (SSSR count). The van der Waals surface area contributed by atoms with Crippen molar-refractivity contribution in [2.24, 2.45) is 5.73 Å². The molecule has 1 amide bonds. The summed E-state index contributed by atoms with van der Waals surface area (Å²) in [5.41, 5.74) is 6.87. The van der Waals surface area contributed by atoms with E-state index >= 15 is 0 Å². The van der Waals surface area contributed by atoms with Gasteiger partial charge < -0.3 is 35.6 Å². The average molecular weight is 428 g/mol. The van der Waals surface area contributed by atoms with E-state index in [9.17, 15) is 19.8 Å². The number of carboxylic acids is 1. The molecule has 0 aliphatic carbocycles. The zero-order valence-electron chi connectivity index (χ0n) is 16.8. The van der Waals surface area contributed by atoms with Crippen molar-refractivity contribution in [3.8, 4) is 11.5 Å². The summed E-state index contributed by atoms with van der Waals surface area (Å²) in [6.07, 6.45) is 0.0450. The van der Waals surface area contributed by atoms with Crippen molar-refractivity contribution in [1.82, 2.24) is 4.90 Å². The number of amides is 1. The molecule has 0 saturated carbocycles. The monoisotopic (exact) mass is 428 g/mol. The fourth-order valence-corrected chi connectivity index (χ4v) is 3.47. The van der Waals surface area contributed by atoms with Crippen LogP contribution < -0.4 is 10.5 Å². The summed E-state index contributed by atoms with van der Waals surface area (Å²) < 4.78 is 5.71. The summed E-state index contributed by atoms with van der Waals surface area (Å²) >= 11 is 0. The highest BCUT2D eigenvalue weighted by molar-refractivity contribution is 6.41. The van der Waals surface area contributed by atoms with Crippen molar-refractivity contribution < 1.29 is 34.6 Å². The molecule has 6 N–H and O–H groups in total. The molecule has 1 fully saturated rings. The Kier molecular flexibility index (Phi) is 7.16. The van der Waals surface area contributed by atoms with Gasteiger partial charge in [-0.25, -0.2) is 4.79 Å². The second-order valence-electron chi connectivity index (χ2n) is 7.55. The molecule has 0 bridgehead atoms. The van der Waals surface area contributed by atoms with Crippen molar-refractivity contribution >= 4 is 19.0 Å². The molecule has 1 heterocycles. The number of aryl methyl sites for hydroxylation is 1. The number of nitrogens with zero attached hydrogens (tertiary/aromatic N) is 1. The van der Waals surface area contributed by atoms with E-state index in [1.165, 1.54) is 12.1 Å². The number of rotatable bonds is 9.